The molecule has 1 aromatic heterocycles. The molecular weight excluding hydrogens is 340 g/mol. The molecule has 0 saturated heterocycles. The standard InChI is InChI=1S/C22H28N2O3/c1-5-16-17(15-9-7-6-8-10-15)13-18-19(21(16)25)14(2)20(22(26)27)24(18)12-11-23(3)4/h6-10,16-17H,5,11-13H2,1-4H3,(H,26,27). The van der Waals surface area contributed by atoms with Crippen molar-refractivity contribution in [2.24, 2.45) is 5.92 Å². The lowest BCUT2D eigenvalue weighted by atomic mass is 9.72. The number of ketones is 1. The highest BCUT2D eigenvalue weighted by atomic mass is 16.4. The molecule has 2 unspecified atom stereocenters. The third-order valence-corrected chi connectivity index (χ3v) is 5.74. The van der Waals surface area contributed by atoms with E-state index in [0.29, 0.717) is 24.1 Å². The number of fused-ring (bicyclic) bond motifs is 1. The first-order chi connectivity index (χ1) is 12.9. The summed E-state index contributed by atoms with van der Waals surface area (Å²) in [6.45, 7) is 5.11. The number of Topliss-reactive ketones (excluding diaryl/α,β-unsaturated/α-hetero) is 1. The number of carboxylic acid groups (broad SMARTS) is 1. The van der Waals surface area contributed by atoms with E-state index in [1.165, 1.54) is 0 Å². The highest BCUT2D eigenvalue weighted by Gasteiger charge is 2.40. The van der Waals surface area contributed by atoms with Gasteiger partial charge in [0, 0.05) is 30.3 Å². The predicted molar refractivity (Wildman–Crippen MR) is 106 cm³/mol. The van der Waals surface area contributed by atoms with Crippen LogP contribution in [0.25, 0.3) is 0 Å². The molecule has 2 atom stereocenters. The van der Waals surface area contributed by atoms with Gasteiger partial charge in [-0.25, -0.2) is 4.79 Å². The van der Waals surface area contributed by atoms with Crippen molar-refractivity contribution in [3.8, 4) is 0 Å². The van der Waals surface area contributed by atoms with Crippen molar-refractivity contribution in [1.82, 2.24) is 9.47 Å². The van der Waals surface area contributed by atoms with Crippen LogP contribution in [0, 0.1) is 12.8 Å². The SMILES string of the molecule is CCC1C(=O)c2c(C)c(C(=O)O)n(CCN(C)C)c2CC1c1ccccc1. The minimum Gasteiger partial charge on any atom is -0.477 e. The molecular formula is C22H28N2O3. The molecule has 1 aliphatic rings. The Morgan fingerprint density at radius 1 is 1.26 bits per heavy atom. The summed E-state index contributed by atoms with van der Waals surface area (Å²) in [7, 11) is 3.93. The molecule has 5 heteroatoms. The molecule has 2 aromatic rings. The van der Waals surface area contributed by atoms with Crippen LogP contribution < -0.4 is 0 Å². The van der Waals surface area contributed by atoms with Crippen LogP contribution in [0.4, 0.5) is 0 Å². The van der Waals surface area contributed by atoms with Gasteiger partial charge in [-0.1, -0.05) is 37.3 Å². The van der Waals surface area contributed by atoms with Gasteiger partial charge >= 0.3 is 5.97 Å². The van der Waals surface area contributed by atoms with Crippen LogP contribution in [0.2, 0.25) is 0 Å². The van der Waals surface area contributed by atoms with Crippen molar-refractivity contribution < 1.29 is 14.7 Å². The number of aromatic nitrogens is 1. The third-order valence-electron chi connectivity index (χ3n) is 5.74. The van der Waals surface area contributed by atoms with E-state index in [0.717, 1.165) is 24.2 Å². The number of carbonyl (C=O) groups excluding carboxylic acids is 1. The van der Waals surface area contributed by atoms with E-state index in [9.17, 15) is 14.7 Å². The van der Waals surface area contributed by atoms with Gasteiger partial charge in [0.05, 0.1) is 0 Å². The minimum absolute atomic E-state index is 0.0882. The second-order valence-corrected chi connectivity index (χ2v) is 7.66. The first kappa shape index (κ1) is 19.4. The third kappa shape index (κ3) is 3.44. The summed E-state index contributed by atoms with van der Waals surface area (Å²) in [6, 6.07) is 10.1. The maximum atomic E-state index is 13.4. The molecule has 1 aromatic carbocycles. The zero-order valence-electron chi connectivity index (χ0n) is 16.5. The largest absolute Gasteiger partial charge is 0.477 e. The Morgan fingerprint density at radius 3 is 2.48 bits per heavy atom. The molecule has 0 saturated carbocycles. The quantitative estimate of drug-likeness (QED) is 0.846. The van der Waals surface area contributed by atoms with E-state index >= 15 is 0 Å². The van der Waals surface area contributed by atoms with E-state index in [-0.39, 0.29) is 23.3 Å². The first-order valence-electron chi connectivity index (χ1n) is 9.55. The van der Waals surface area contributed by atoms with Crippen LogP contribution in [-0.2, 0) is 13.0 Å². The molecule has 1 N–H and O–H groups in total. The Balaban J connectivity index is 2.15. The maximum absolute atomic E-state index is 13.4. The van der Waals surface area contributed by atoms with Crippen molar-refractivity contribution in [3.63, 3.8) is 0 Å². The van der Waals surface area contributed by atoms with Crippen molar-refractivity contribution in [3.05, 3.63) is 58.4 Å². The highest BCUT2D eigenvalue weighted by molar-refractivity contribution is 6.05. The Hall–Kier alpha value is -2.40. The van der Waals surface area contributed by atoms with Gasteiger partial charge in [0.15, 0.2) is 5.78 Å². The van der Waals surface area contributed by atoms with E-state index in [2.05, 4.69) is 12.1 Å². The summed E-state index contributed by atoms with van der Waals surface area (Å²) in [6.07, 6.45) is 1.45. The first-order valence-corrected chi connectivity index (χ1v) is 9.55. The number of hydrogen-bond donors (Lipinski definition) is 1. The number of nitrogens with zero attached hydrogens (tertiary/aromatic N) is 2. The zero-order valence-corrected chi connectivity index (χ0v) is 16.5. The number of benzene rings is 1. The molecule has 27 heavy (non-hydrogen) atoms. The van der Waals surface area contributed by atoms with Crippen LogP contribution in [0.5, 0.6) is 0 Å². The number of likely N-dealkylation sites (N-methyl/N-ethyl adjacent to an activating group) is 1. The van der Waals surface area contributed by atoms with E-state index < -0.39 is 5.97 Å². The van der Waals surface area contributed by atoms with Crippen LogP contribution in [-0.4, -0.2) is 47.0 Å². The Morgan fingerprint density at radius 2 is 1.93 bits per heavy atom. The second kappa shape index (κ2) is 7.69. The summed E-state index contributed by atoms with van der Waals surface area (Å²) in [5, 5.41) is 9.81. The lowest BCUT2D eigenvalue weighted by Crippen LogP contribution is -2.31. The molecule has 0 radical (unpaired) electrons. The molecule has 0 bridgehead atoms. The molecule has 1 aliphatic carbocycles. The number of carbonyl (C=O) groups is 2. The fourth-order valence-corrected chi connectivity index (χ4v) is 4.41. The van der Waals surface area contributed by atoms with Crippen LogP contribution >= 0.6 is 0 Å². The second-order valence-electron chi connectivity index (χ2n) is 7.66. The monoisotopic (exact) mass is 368 g/mol. The smallest absolute Gasteiger partial charge is 0.352 e. The van der Waals surface area contributed by atoms with E-state index in [4.69, 9.17) is 0 Å². The van der Waals surface area contributed by atoms with E-state index in [1.54, 1.807) is 6.92 Å². The van der Waals surface area contributed by atoms with Crippen molar-refractivity contribution in [2.75, 3.05) is 20.6 Å². The average Bonchev–Trinajstić information content (AvgIpc) is 2.92. The van der Waals surface area contributed by atoms with Gasteiger partial charge in [0.2, 0.25) is 0 Å². The lowest BCUT2D eigenvalue weighted by Gasteiger charge is -2.31. The molecule has 0 amide bonds. The zero-order chi connectivity index (χ0) is 19.7. The van der Waals surface area contributed by atoms with Crippen LogP contribution in [0.1, 0.15) is 56.9 Å². The van der Waals surface area contributed by atoms with Crippen molar-refractivity contribution in [2.45, 2.75) is 39.2 Å². The summed E-state index contributed by atoms with van der Waals surface area (Å²) in [5.41, 5.74) is 3.56. The summed E-state index contributed by atoms with van der Waals surface area (Å²) in [5.74, 6) is -0.885. The Labute approximate surface area is 160 Å². The van der Waals surface area contributed by atoms with Crippen molar-refractivity contribution >= 4 is 11.8 Å². The molecule has 0 spiro atoms. The molecule has 0 aliphatic heterocycles. The predicted octanol–water partition coefficient (Wildman–Crippen LogP) is 3.61. The topological polar surface area (TPSA) is 62.5 Å². The normalized spacial score (nSPS) is 19.4. The molecule has 5 nitrogen and oxygen atoms in total. The van der Waals surface area contributed by atoms with Gasteiger partial charge < -0.3 is 14.6 Å². The van der Waals surface area contributed by atoms with Crippen molar-refractivity contribution in [1.29, 1.82) is 0 Å². The highest BCUT2D eigenvalue weighted by Crippen LogP contribution is 2.41. The van der Waals surface area contributed by atoms with Crippen LogP contribution in [0.3, 0.4) is 0 Å². The van der Waals surface area contributed by atoms with Gasteiger partial charge in [0.25, 0.3) is 0 Å². The lowest BCUT2D eigenvalue weighted by molar-refractivity contribution is 0.0682. The van der Waals surface area contributed by atoms with Gasteiger partial charge in [-0.05, 0) is 50.9 Å². The molecule has 144 valence electrons. The molecule has 0 fully saturated rings. The average molecular weight is 368 g/mol. The van der Waals surface area contributed by atoms with E-state index in [1.807, 2.05) is 48.7 Å². The summed E-state index contributed by atoms with van der Waals surface area (Å²) in [4.78, 5) is 27.4. The van der Waals surface area contributed by atoms with Gasteiger partial charge in [-0.15, -0.1) is 0 Å². The molecule has 1 heterocycles. The summed E-state index contributed by atoms with van der Waals surface area (Å²) >= 11 is 0. The number of carboxylic acids is 1. The minimum atomic E-state index is -0.960. The maximum Gasteiger partial charge on any atom is 0.352 e. The van der Waals surface area contributed by atoms with Gasteiger partial charge in [-0.3, -0.25) is 4.79 Å². The fourth-order valence-electron chi connectivity index (χ4n) is 4.41. The van der Waals surface area contributed by atoms with Gasteiger partial charge in [0.1, 0.15) is 5.69 Å². The van der Waals surface area contributed by atoms with Crippen LogP contribution in [0.15, 0.2) is 30.3 Å². The number of rotatable bonds is 6. The molecule has 3 rings (SSSR count). The summed E-state index contributed by atoms with van der Waals surface area (Å²) < 4.78 is 1.87. The Bertz CT molecular complexity index is 852. The van der Waals surface area contributed by atoms with Gasteiger partial charge in [-0.2, -0.15) is 0 Å². The number of aromatic carboxylic acids is 1. The Kier molecular flexibility index (Phi) is 5.51. The number of hydrogen-bond acceptors (Lipinski definition) is 3. The fraction of sp³-hybridized carbons (Fsp3) is 0.455.